The van der Waals surface area contributed by atoms with Crippen LogP contribution in [0.1, 0.15) is 5.56 Å². The average molecular weight is 463 g/mol. The van der Waals surface area contributed by atoms with E-state index in [1.165, 1.54) is 44.6 Å². The maximum Gasteiger partial charge on any atom is 0.343 e. The van der Waals surface area contributed by atoms with Crippen LogP contribution < -0.4 is 14.8 Å². The summed E-state index contributed by atoms with van der Waals surface area (Å²) in [6.45, 7) is -0.324. The van der Waals surface area contributed by atoms with E-state index in [9.17, 15) is 19.2 Å². The smallest absolute Gasteiger partial charge is 0.343 e. The number of benzene rings is 2. The molecule has 0 saturated heterocycles. The number of halogens is 2. The summed E-state index contributed by atoms with van der Waals surface area (Å²) in [7, 11) is 2.64. The zero-order valence-corrected chi connectivity index (χ0v) is 17.1. The first-order valence-electron chi connectivity index (χ1n) is 8.14. The summed E-state index contributed by atoms with van der Waals surface area (Å²) < 4.78 is 29.3. The van der Waals surface area contributed by atoms with Gasteiger partial charge in [-0.05, 0) is 51.8 Å². The van der Waals surface area contributed by atoms with Gasteiger partial charge < -0.3 is 19.5 Å². The Labute approximate surface area is 174 Å². The van der Waals surface area contributed by atoms with E-state index in [-0.39, 0.29) is 29.4 Å². The second-order valence-electron chi connectivity index (χ2n) is 5.50. The molecule has 29 heavy (non-hydrogen) atoms. The SMILES string of the molecule is COC(=O)COc1c(Br)cc(/C=C(/C#N)C(=O)Nc2ccccc2F)cc1OC. The van der Waals surface area contributed by atoms with Gasteiger partial charge in [0.1, 0.15) is 17.5 Å². The second kappa shape index (κ2) is 10.2. The maximum atomic E-state index is 13.7. The van der Waals surface area contributed by atoms with Gasteiger partial charge in [0.25, 0.3) is 5.91 Å². The minimum Gasteiger partial charge on any atom is -0.493 e. The van der Waals surface area contributed by atoms with Gasteiger partial charge in [-0.25, -0.2) is 9.18 Å². The van der Waals surface area contributed by atoms with Crippen LogP contribution in [0.5, 0.6) is 11.5 Å². The molecule has 2 aromatic rings. The van der Waals surface area contributed by atoms with E-state index in [1.807, 2.05) is 0 Å². The Hall–Kier alpha value is -3.38. The lowest BCUT2D eigenvalue weighted by atomic mass is 10.1. The van der Waals surface area contributed by atoms with E-state index in [1.54, 1.807) is 18.2 Å². The highest BCUT2D eigenvalue weighted by molar-refractivity contribution is 9.10. The van der Waals surface area contributed by atoms with Gasteiger partial charge >= 0.3 is 5.97 Å². The van der Waals surface area contributed by atoms with Crippen LogP contribution in [0.2, 0.25) is 0 Å². The van der Waals surface area contributed by atoms with Crippen molar-refractivity contribution < 1.29 is 28.2 Å². The molecule has 0 heterocycles. The van der Waals surface area contributed by atoms with Crippen molar-refractivity contribution in [3.8, 4) is 17.6 Å². The minimum atomic E-state index is -0.765. The number of nitrogens with zero attached hydrogens (tertiary/aromatic N) is 1. The van der Waals surface area contributed by atoms with Gasteiger partial charge in [-0.3, -0.25) is 4.79 Å². The number of ether oxygens (including phenoxy) is 3. The summed E-state index contributed by atoms with van der Waals surface area (Å²) in [5.74, 6) is -1.43. The molecule has 2 rings (SSSR count). The predicted octanol–water partition coefficient (Wildman–Crippen LogP) is 3.69. The minimum absolute atomic E-state index is 0.0380. The molecule has 7 nitrogen and oxygen atoms in total. The van der Waals surface area contributed by atoms with Gasteiger partial charge in [0, 0.05) is 0 Å². The number of methoxy groups -OCH3 is 2. The average Bonchev–Trinajstić information content (AvgIpc) is 2.72. The highest BCUT2D eigenvalue weighted by Gasteiger charge is 2.16. The number of hydrogen-bond donors (Lipinski definition) is 1. The Kier molecular flexibility index (Phi) is 7.74. The summed E-state index contributed by atoms with van der Waals surface area (Å²) in [5, 5.41) is 11.7. The van der Waals surface area contributed by atoms with Crippen LogP contribution in [0.25, 0.3) is 6.08 Å². The summed E-state index contributed by atoms with van der Waals surface area (Å²) >= 11 is 3.30. The molecule has 0 atom stereocenters. The molecule has 0 bridgehead atoms. The third-order valence-corrected chi connectivity index (χ3v) is 4.20. The largest absolute Gasteiger partial charge is 0.493 e. The highest BCUT2D eigenvalue weighted by atomic mass is 79.9. The number of para-hydroxylation sites is 1. The van der Waals surface area contributed by atoms with E-state index in [4.69, 9.17) is 9.47 Å². The van der Waals surface area contributed by atoms with Gasteiger partial charge in [0.2, 0.25) is 0 Å². The number of nitriles is 1. The van der Waals surface area contributed by atoms with Crippen molar-refractivity contribution in [1.82, 2.24) is 0 Å². The Morgan fingerprint density at radius 3 is 2.62 bits per heavy atom. The number of amides is 1. The fourth-order valence-electron chi connectivity index (χ4n) is 2.22. The second-order valence-corrected chi connectivity index (χ2v) is 6.36. The summed E-state index contributed by atoms with van der Waals surface area (Å²) in [6.07, 6.45) is 1.31. The Balaban J connectivity index is 2.29. The maximum absolute atomic E-state index is 13.7. The zero-order chi connectivity index (χ0) is 21.4. The van der Waals surface area contributed by atoms with Crippen molar-refractivity contribution in [2.24, 2.45) is 0 Å². The van der Waals surface area contributed by atoms with E-state index in [0.717, 1.165) is 0 Å². The molecular formula is C20H16BrFN2O5. The number of hydrogen-bond acceptors (Lipinski definition) is 6. The number of esters is 1. The highest BCUT2D eigenvalue weighted by Crippen LogP contribution is 2.37. The normalized spacial score (nSPS) is 10.7. The summed E-state index contributed by atoms with van der Waals surface area (Å²) in [5.41, 5.74) is 0.161. The predicted molar refractivity (Wildman–Crippen MR) is 107 cm³/mol. The lowest BCUT2D eigenvalue weighted by Crippen LogP contribution is -2.14. The van der Waals surface area contributed by atoms with Gasteiger partial charge in [-0.2, -0.15) is 5.26 Å². The third kappa shape index (κ3) is 5.80. The monoisotopic (exact) mass is 462 g/mol. The van der Waals surface area contributed by atoms with Crippen LogP contribution in [0, 0.1) is 17.1 Å². The van der Waals surface area contributed by atoms with E-state index in [0.29, 0.717) is 10.0 Å². The molecule has 0 spiro atoms. The Morgan fingerprint density at radius 2 is 2.00 bits per heavy atom. The molecule has 0 aliphatic rings. The topological polar surface area (TPSA) is 97.7 Å². The number of anilines is 1. The van der Waals surface area contributed by atoms with Crippen LogP contribution >= 0.6 is 15.9 Å². The van der Waals surface area contributed by atoms with Crippen molar-refractivity contribution in [3.05, 3.63) is 57.8 Å². The van der Waals surface area contributed by atoms with Gasteiger partial charge in [0.05, 0.1) is 24.4 Å². The number of carbonyl (C=O) groups excluding carboxylic acids is 2. The van der Waals surface area contributed by atoms with E-state index < -0.39 is 17.7 Å². The molecule has 9 heteroatoms. The van der Waals surface area contributed by atoms with Crippen LogP contribution in [-0.2, 0) is 14.3 Å². The van der Waals surface area contributed by atoms with E-state index >= 15 is 0 Å². The molecule has 0 aliphatic carbocycles. The molecule has 1 amide bonds. The number of carbonyl (C=O) groups is 2. The molecule has 0 saturated carbocycles. The Bertz CT molecular complexity index is 1000. The first-order valence-corrected chi connectivity index (χ1v) is 8.93. The zero-order valence-electron chi connectivity index (χ0n) is 15.5. The first-order chi connectivity index (χ1) is 13.9. The molecule has 2 aromatic carbocycles. The standard InChI is InChI=1S/C20H16BrFN2O5/c1-27-17-9-12(8-14(21)19(17)29-11-18(25)28-2)7-13(10-23)20(26)24-16-6-4-3-5-15(16)22/h3-9H,11H2,1-2H3,(H,24,26)/b13-7-. The van der Waals surface area contributed by atoms with Crippen molar-refractivity contribution in [2.75, 3.05) is 26.1 Å². The number of nitrogens with one attached hydrogen (secondary N) is 1. The van der Waals surface area contributed by atoms with Crippen LogP contribution in [0.3, 0.4) is 0 Å². The molecule has 0 aliphatic heterocycles. The van der Waals surface area contributed by atoms with Crippen LogP contribution in [0.15, 0.2) is 46.4 Å². The van der Waals surface area contributed by atoms with Crippen molar-refractivity contribution in [1.29, 1.82) is 5.26 Å². The molecule has 150 valence electrons. The summed E-state index contributed by atoms with van der Waals surface area (Å²) in [4.78, 5) is 23.6. The lowest BCUT2D eigenvalue weighted by molar-refractivity contribution is -0.142. The lowest BCUT2D eigenvalue weighted by Gasteiger charge is -2.13. The van der Waals surface area contributed by atoms with Gasteiger partial charge in [-0.1, -0.05) is 12.1 Å². The first kappa shape index (κ1) is 21.9. The quantitative estimate of drug-likeness (QED) is 0.382. The number of rotatable bonds is 7. The van der Waals surface area contributed by atoms with Crippen molar-refractivity contribution >= 4 is 39.6 Å². The molecular weight excluding hydrogens is 447 g/mol. The Morgan fingerprint density at radius 1 is 1.28 bits per heavy atom. The van der Waals surface area contributed by atoms with Gasteiger partial charge in [0.15, 0.2) is 18.1 Å². The van der Waals surface area contributed by atoms with Crippen LogP contribution in [-0.4, -0.2) is 32.7 Å². The van der Waals surface area contributed by atoms with Gasteiger partial charge in [-0.15, -0.1) is 0 Å². The summed E-state index contributed by atoms with van der Waals surface area (Å²) in [6, 6.07) is 10.5. The molecule has 1 N–H and O–H groups in total. The molecule has 0 aromatic heterocycles. The molecule has 0 radical (unpaired) electrons. The fourth-order valence-corrected chi connectivity index (χ4v) is 2.79. The van der Waals surface area contributed by atoms with Crippen molar-refractivity contribution in [2.45, 2.75) is 0 Å². The van der Waals surface area contributed by atoms with E-state index in [2.05, 4.69) is 26.0 Å². The molecule has 0 fully saturated rings. The van der Waals surface area contributed by atoms with Crippen LogP contribution in [0.4, 0.5) is 10.1 Å². The fraction of sp³-hybridized carbons (Fsp3) is 0.150. The molecule has 0 unspecified atom stereocenters. The van der Waals surface area contributed by atoms with Crippen molar-refractivity contribution in [3.63, 3.8) is 0 Å². The third-order valence-electron chi connectivity index (χ3n) is 3.61.